The molecule has 0 aliphatic heterocycles. The van der Waals surface area contributed by atoms with Crippen molar-refractivity contribution in [2.24, 2.45) is 0 Å². The fourth-order valence-corrected chi connectivity index (χ4v) is 0.739. The first kappa shape index (κ1) is 13.3. The molecule has 0 aromatic rings. The van der Waals surface area contributed by atoms with E-state index < -0.39 is 0 Å². The highest BCUT2D eigenvalue weighted by Gasteiger charge is 2.12. The van der Waals surface area contributed by atoms with Crippen LogP contribution in [0, 0.1) is 0 Å². The molecular weight excluding hydrogens is 172 g/mol. The van der Waals surface area contributed by atoms with Crippen LogP contribution in [0.25, 0.3) is 0 Å². The van der Waals surface area contributed by atoms with Gasteiger partial charge in [-0.1, -0.05) is 13.8 Å². The second-order valence-electron chi connectivity index (χ2n) is 5.10. The van der Waals surface area contributed by atoms with E-state index in [4.69, 9.17) is 0 Å². The monoisotopic (exact) mass is 198 g/mol. The van der Waals surface area contributed by atoms with Crippen LogP contribution in [0.4, 0.5) is 0 Å². The molecule has 0 fully saturated rings. The van der Waals surface area contributed by atoms with Gasteiger partial charge in [0, 0.05) is 23.5 Å². The lowest BCUT2D eigenvalue weighted by Crippen LogP contribution is -2.37. The van der Waals surface area contributed by atoms with Crippen LogP contribution in [0.1, 0.15) is 54.4 Å². The van der Waals surface area contributed by atoms with Crippen molar-refractivity contribution in [2.75, 3.05) is 0 Å². The molecule has 0 aromatic heterocycles. The molecule has 14 heavy (non-hydrogen) atoms. The number of hydrogen-bond donors (Lipinski definition) is 2. The quantitative estimate of drug-likeness (QED) is 0.685. The summed E-state index contributed by atoms with van der Waals surface area (Å²) in [6.07, 6.45) is 6.24. The fourth-order valence-electron chi connectivity index (χ4n) is 0.739. The summed E-state index contributed by atoms with van der Waals surface area (Å²) in [5.74, 6) is 0. The molecule has 0 saturated heterocycles. The van der Waals surface area contributed by atoms with Gasteiger partial charge < -0.3 is 10.6 Å². The van der Waals surface area contributed by atoms with E-state index in [1.54, 1.807) is 0 Å². The molecule has 0 amide bonds. The average molecular weight is 198 g/mol. The molecule has 0 aromatic carbocycles. The van der Waals surface area contributed by atoms with Gasteiger partial charge in [0.25, 0.3) is 0 Å². The van der Waals surface area contributed by atoms with Crippen LogP contribution < -0.4 is 10.6 Å². The minimum absolute atomic E-state index is 0.189. The Morgan fingerprint density at radius 2 is 1.07 bits per heavy atom. The van der Waals surface area contributed by atoms with Gasteiger partial charge in [-0.05, 0) is 40.5 Å². The molecule has 0 atom stereocenters. The van der Waals surface area contributed by atoms with Gasteiger partial charge in [0.1, 0.15) is 0 Å². The van der Waals surface area contributed by atoms with Crippen LogP contribution in [0.15, 0.2) is 12.4 Å². The molecular formula is C12H26N2. The molecule has 0 aliphatic carbocycles. The Hall–Kier alpha value is -0.660. The number of nitrogens with one attached hydrogen (secondary N) is 2. The first-order chi connectivity index (χ1) is 6.33. The third-order valence-corrected chi connectivity index (χ3v) is 2.80. The Morgan fingerprint density at radius 1 is 0.786 bits per heavy atom. The fraction of sp³-hybridized carbons (Fsp3) is 0.833. The van der Waals surface area contributed by atoms with Crippen LogP contribution >= 0.6 is 0 Å². The zero-order chi connectivity index (χ0) is 11.2. The van der Waals surface area contributed by atoms with Gasteiger partial charge in [-0.15, -0.1) is 0 Å². The van der Waals surface area contributed by atoms with E-state index >= 15 is 0 Å². The topological polar surface area (TPSA) is 24.1 Å². The molecule has 0 aliphatic rings. The van der Waals surface area contributed by atoms with Gasteiger partial charge in [0.15, 0.2) is 0 Å². The third-order valence-electron chi connectivity index (χ3n) is 2.80. The van der Waals surface area contributed by atoms with E-state index in [0.717, 1.165) is 12.8 Å². The van der Waals surface area contributed by atoms with Crippen molar-refractivity contribution < 1.29 is 0 Å². The summed E-state index contributed by atoms with van der Waals surface area (Å²) in [5.41, 5.74) is 0.378. The minimum atomic E-state index is 0.189. The third kappa shape index (κ3) is 5.90. The average Bonchev–Trinajstić information content (AvgIpc) is 2.13. The van der Waals surface area contributed by atoms with Gasteiger partial charge in [0.2, 0.25) is 0 Å². The second-order valence-corrected chi connectivity index (χ2v) is 5.10. The van der Waals surface area contributed by atoms with Gasteiger partial charge >= 0.3 is 0 Å². The number of hydrogen-bond acceptors (Lipinski definition) is 2. The largest absolute Gasteiger partial charge is 0.385 e. The summed E-state index contributed by atoms with van der Waals surface area (Å²) in [6.45, 7) is 13.2. The first-order valence-corrected chi connectivity index (χ1v) is 5.53. The maximum Gasteiger partial charge on any atom is 0.0310 e. The summed E-state index contributed by atoms with van der Waals surface area (Å²) < 4.78 is 0. The minimum Gasteiger partial charge on any atom is -0.385 e. The van der Waals surface area contributed by atoms with Crippen molar-refractivity contribution in [1.29, 1.82) is 0 Å². The van der Waals surface area contributed by atoms with Crippen molar-refractivity contribution in [2.45, 2.75) is 65.5 Å². The van der Waals surface area contributed by atoms with Crippen molar-refractivity contribution in [3.8, 4) is 0 Å². The predicted molar refractivity (Wildman–Crippen MR) is 64.2 cm³/mol. The summed E-state index contributed by atoms with van der Waals surface area (Å²) in [4.78, 5) is 0. The molecule has 0 heterocycles. The summed E-state index contributed by atoms with van der Waals surface area (Å²) in [7, 11) is 0. The molecule has 0 spiro atoms. The highest BCUT2D eigenvalue weighted by Crippen LogP contribution is 2.07. The van der Waals surface area contributed by atoms with Crippen LogP contribution in [-0.2, 0) is 0 Å². The van der Waals surface area contributed by atoms with Crippen molar-refractivity contribution in [3.05, 3.63) is 12.4 Å². The highest BCUT2D eigenvalue weighted by atomic mass is 15.0. The van der Waals surface area contributed by atoms with E-state index in [2.05, 4.69) is 52.2 Å². The van der Waals surface area contributed by atoms with Crippen molar-refractivity contribution in [3.63, 3.8) is 0 Å². The molecule has 0 rings (SSSR count). The van der Waals surface area contributed by atoms with Gasteiger partial charge in [-0.3, -0.25) is 0 Å². The normalized spacial score (nSPS) is 13.3. The second kappa shape index (κ2) is 5.28. The summed E-state index contributed by atoms with van der Waals surface area (Å²) >= 11 is 0. The summed E-state index contributed by atoms with van der Waals surface area (Å²) in [5, 5.41) is 6.72. The van der Waals surface area contributed by atoms with E-state index in [-0.39, 0.29) is 11.1 Å². The highest BCUT2D eigenvalue weighted by molar-refractivity contribution is 4.90. The van der Waals surface area contributed by atoms with E-state index in [0.29, 0.717) is 0 Å². The van der Waals surface area contributed by atoms with E-state index in [1.807, 2.05) is 12.4 Å². The summed E-state index contributed by atoms with van der Waals surface area (Å²) in [6, 6.07) is 0. The molecule has 2 nitrogen and oxygen atoms in total. The first-order valence-electron chi connectivity index (χ1n) is 5.53. The van der Waals surface area contributed by atoms with Crippen LogP contribution in [0.5, 0.6) is 0 Å². The molecule has 84 valence electrons. The Balaban J connectivity index is 3.86. The molecule has 0 bridgehead atoms. The van der Waals surface area contributed by atoms with Crippen molar-refractivity contribution in [1.82, 2.24) is 10.6 Å². The standard InChI is InChI=1S/C12H26N2/c1-7-11(3,4)13-9-10-14-12(5,6)8-2/h9-10,13-14H,7-8H2,1-6H3. The van der Waals surface area contributed by atoms with Crippen LogP contribution in [0.3, 0.4) is 0 Å². The Labute approximate surface area is 89.2 Å². The van der Waals surface area contributed by atoms with Gasteiger partial charge in [-0.2, -0.15) is 0 Å². The molecule has 0 unspecified atom stereocenters. The maximum atomic E-state index is 3.36. The molecule has 2 heteroatoms. The zero-order valence-corrected chi connectivity index (χ0v) is 10.6. The lowest BCUT2D eigenvalue weighted by atomic mass is 10.0. The van der Waals surface area contributed by atoms with E-state index in [9.17, 15) is 0 Å². The molecule has 2 N–H and O–H groups in total. The lowest BCUT2D eigenvalue weighted by molar-refractivity contribution is 0.412. The lowest BCUT2D eigenvalue weighted by Gasteiger charge is -2.25. The zero-order valence-electron chi connectivity index (χ0n) is 10.6. The smallest absolute Gasteiger partial charge is 0.0310 e. The van der Waals surface area contributed by atoms with Crippen molar-refractivity contribution >= 4 is 0 Å². The van der Waals surface area contributed by atoms with Crippen LogP contribution in [-0.4, -0.2) is 11.1 Å². The van der Waals surface area contributed by atoms with Gasteiger partial charge in [0.05, 0.1) is 0 Å². The predicted octanol–water partition coefficient (Wildman–Crippen LogP) is 3.01. The Kier molecular flexibility index (Phi) is 5.03. The molecule has 0 radical (unpaired) electrons. The number of rotatable bonds is 6. The SMILES string of the molecule is CCC(C)(C)NC=CNC(C)(C)CC. The Bertz CT molecular complexity index is 161. The Morgan fingerprint density at radius 3 is 1.29 bits per heavy atom. The molecule has 0 saturated carbocycles. The van der Waals surface area contributed by atoms with Crippen LogP contribution in [0.2, 0.25) is 0 Å². The van der Waals surface area contributed by atoms with E-state index in [1.165, 1.54) is 0 Å². The van der Waals surface area contributed by atoms with Gasteiger partial charge in [-0.25, -0.2) is 0 Å². The maximum absolute atomic E-state index is 3.36.